The van der Waals surface area contributed by atoms with Gasteiger partial charge in [0.1, 0.15) is 19.8 Å². The second-order valence-electron chi connectivity index (χ2n) is 10.2. The fraction of sp³-hybridized carbons (Fsp3) is 0.731. The molecule has 0 aromatic heterocycles. The van der Waals surface area contributed by atoms with Gasteiger partial charge in [-0.1, -0.05) is 33.3 Å². The number of ether oxygens (including phenoxy) is 3. The van der Waals surface area contributed by atoms with E-state index in [4.69, 9.17) is 14.2 Å². The summed E-state index contributed by atoms with van der Waals surface area (Å²) in [7, 11) is 0. The molecule has 32 heavy (non-hydrogen) atoms. The van der Waals surface area contributed by atoms with Crippen molar-refractivity contribution in [1.82, 2.24) is 0 Å². The normalized spacial score (nSPS) is 27.1. The van der Waals surface area contributed by atoms with E-state index in [9.17, 15) is 14.4 Å². The highest BCUT2D eigenvalue weighted by molar-refractivity contribution is 5.66. The van der Waals surface area contributed by atoms with Gasteiger partial charge in [0.2, 0.25) is 0 Å². The average Bonchev–Trinajstić information content (AvgIpc) is 2.67. The Labute approximate surface area is 192 Å². The zero-order chi connectivity index (χ0) is 23.9. The van der Waals surface area contributed by atoms with Crippen molar-refractivity contribution in [2.24, 2.45) is 22.7 Å². The van der Waals surface area contributed by atoms with E-state index in [0.717, 1.165) is 31.3 Å². The largest absolute Gasteiger partial charge is 0.462 e. The first-order valence-electron chi connectivity index (χ1n) is 11.7. The minimum absolute atomic E-state index is 0.119. The average molecular weight is 449 g/mol. The highest BCUT2D eigenvalue weighted by Crippen LogP contribution is 2.60. The molecule has 0 bridgehead atoms. The zero-order valence-corrected chi connectivity index (χ0v) is 20.6. The van der Waals surface area contributed by atoms with Gasteiger partial charge < -0.3 is 14.2 Å². The number of carbonyl (C=O) groups excluding carboxylic acids is 3. The van der Waals surface area contributed by atoms with Gasteiger partial charge in [0.15, 0.2) is 0 Å². The van der Waals surface area contributed by atoms with E-state index in [2.05, 4.69) is 26.8 Å². The van der Waals surface area contributed by atoms with Gasteiger partial charge in [0, 0.05) is 20.8 Å². The van der Waals surface area contributed by atoms with Crippen LogP contribution >= 0.6 is 0 Å². The van der Waals surface area contributed by atoms with Crippen molar-refractivity contribution in [2.45, 2.75) is 80.1 Å². The Morgan fingerprint density at radius 1 is 1.00 bits per heavy atom. The van der Waals surface area contributed by atoms with E-state index in [1.165, 1.54) is 39.2 Å². The van der Waals surface area contributed by atoms with Crippen LogP contribution in [-0.2, 0) is 28.6 Å². The van der Waals surface area contributed by atoms with Gasteiger partial charge in [0.25, 0.3) is 0 Å². The molecule has 0 aliphatic heterocycles. The number of fused-ring (bicyclic) bond motifs is 1. The lowest BCUT2D eigenvalue weighted by atomic mass is 9.48. The van der Waals surface area contributed by atoms with Crippen LogP contribution in [0.25, 0.3) is 0 Å². The summed E-state index contributed by atoms with van der Waals surface area (Å²) >= 11 is 0. The summed E-state index contributed by atoms with van der Waals surface area (Å²) in [5.41, 5.74) is 2.52. The van der Waals surface area contributed by atoms with Crippen LogP contribution in [0, 0.1) is 22.7 Å². The Bertz CT molecular complexity index is 762. The fourth-order valence-electron chi connectivity index (χ4n) is 5.90. The predicted molar refractivity (Wildman–Crippen MR) is 123 cm³/mol. The smallest absolute Gasteiger partial charge is 0.302 e. The Kier molecular flexibility index (Phi) is 9.11. The van der Waals surface area contributed by atoms with Crippen molar-refractivity contribution < 1.29 is 28.6 Å². The van der Waals surface area contributed by atoms with E-state index >= 15 is 0 Å². The van der Waals surface area contributed by atoms with Crippen LogP contribution < -0.4 is 0 Å². The molecule has 0 amide bonds. The van der Waals surface area contributed by atoms with Crippen molar-refractivity contribution >= 4 is 17.9 Å². The predicted octanol–water partition coefficient (Wildman–Crippen LogP) is 5.16. The van der Waals surface area contributed by atoms with Gasteiger partial charge >= 0.3 is 17.9 Å². The van der Waals surface area contributed by atoms with Crippen LogP contribution in [0.1, 0.15) is 80.1 Å². The molecule has 180 valence electrons. The van der Waals surface area contributed by atoms with Crippen LogP contribution in [0.5, 0.6) is 0 Å². The molecule has 0 saturated heterocycles. The van der Waals surface area contributed by atoms with E-state index in [1.807, 2.05) is 6.08 Å². The lowest BCUT2D eigenvalue weighted by Gasteiger charge is -2.57. The molecule has 6 heteroatoms. The molecule has 0 radical (unpaired) electrons. The summed E-state index contributed by atoms with van der Waals surface area (Å²) in [6, 6.07) is 0. The van der Waals surface area contributed by atoms with Crippen molar-refractivity contribution in [2.75, 3.05) is 19.8 Å². The first-order valence-corrected chi connectivity index (χ1v) is 11.7. The molecular formula is C26H40O6. The standard InChI is InChI=1S/C26H40O6/c1-18(27)30-15-12-21(16-31-19(2)28)8-10-23-22(17-32-20(3)29)9-11-24-25(4,5)13-7-14-26(23,24)6/h9,12,23-24H,7-8,10-11,13-17H2,1-6H3/b21-12-/t23-,24-,26+/m1/s1. The number of esters is 3. The maximum absolute atomic E-state index is 11.5. The summed E-state index contributed by atoms with van der Waals surface area (Å²) in [4.78, 5) is 34.0. The molecule has 6 nitrogen and oxygen atoms in total. The van der Waals surface area contributed by atoms with Crippen LogP contribution in [-0.4, -0.2) is 37.7 Å². The second kappa shape index (κ2) is 11.2. The van der Waals surface area contributed by atoms with Gasteiger partial charge in [-0.3, -0.25) is 14.4 Å². The molecule has 0 unspecified atom stereocenters. The summed E-state index contributed by atoms with van der Waals surface area (Å²) in [6.45, 7) is 12.1. The van der Waals surface area contributed by atoms with Gasteiger partial charge in [-0.05, 0) is 72.0 Å². The topological polar surface area (TPSA) is 78.9 Å². The minimum atomic E-state index is -0.341. The number of allylic oxidation sites excluding steroid dienone is 1. The minimum Gasteiger partial charge on any atom is -0.462 e. The van der Waals surface area contributed by atoms with Crippen molar-refractivity contribution in [1.29, 1.82) is 0 Å². The zero-order valence-electron chi connectivity index (χ0n) is 20.6. The first kappa shape index (κ1) is 26.1. The molecule has 0 spiro atoms. The molecule has 2 aliphatic carbocycles. The van der Waals surface area contributed by atoms with Crippen molar-refractivity contribution in [3.63, 3.8) is 0 Å². The highest BCUT2D eigenvalue weighted by atomic mass is 16.5. The van der Waals surface area contributed by atoms with Gasteiger partial charge in [0.05, 0.1) is 0 Å². The molecular weight excluding hydrogens is 408 g/mol. The molecule has 0 N–H and O–H groups in total. The van der Waals surface area contributed by atoms with Gasteiger partial charge in [-0.2, -0.15) is 0 Å². The van der Waals surface area contributed by atoms with E-state index in [0.29, 0.717) is 12.5 Å². The number of carbonyl (C=O) groups is 3. The van der Waals surface area contributed by atoms with E-state index < -0.39 is 0 Å². The SMILES string of the molecule is CC(=O)OC/C=C(/CC[C@@H]1C(COC(C)=O)=CC[C@@H]2C(C)(C)CCC[C@@]12C)COC(C)=O. The fourth-order valence-corrected chi connectivity index (χ4v) is 5.90. The maximum Gasteiger partial charge on any atom is 0.302 e. The van der Waals surface area contributed by atoms with E-state index in [1.54, 1.807) is 0 Å². The summed E-state index contributed by atoms with van der Waals surface area (Å²) in [5, 5.41) is 0. The Hall–Kier alpha value is -2.11. The van der Waals surface area contributed by atoms with Crippen LogP contribution in [0.4, 0.5) is 0 Å². The molecule has 1 fully saturated rings. The number of hydrogen-bond donors (Lipinski definition) is 0. The number of hydrogen-bond acceptors (Lipinski definition) is 6. The van der Waals surface area contributed by atoms with Gasteiger partial charge in [-0.15, -0.1) is 0 Å². The maximum atomic E-state index is 11.5. The third kappa shape index (κ3) is 6.94. The molecule has 1 saturated carbocycles. The van der Waals surface area contributed by atoms with Crippen molar-refractivity contribution in [3.8, 4) is 0 Å². The monoisotopic (exact) mass is 448 g/mol. The second-order valence-corrected chi connectivity index (χ2v) is 10.2. The molecule has 2 rings (SSSR count). The summed E-state index contributed by atoms with van der Waals surface area (Å²) < 4.78 is 15.7. The Morgan fingerprint density at radius 2 is 1.66 bits per heavy atom. The third-order valence-corrected chi connectivity index (χ3v) is 7.45. The molecule has 0 aromatic rings. The molecule has 3 atom stereocenters. The highest BCUT2D eigenvalue weighted by Gasteiger charge is 2.52. The van der Waals surface area contributed by atoms with E-state index in [-0.39, 0.29) is 47.9 Å². The Morgan fingerprint density at radius 3 is 2.28 bits per heavy atom. The molecule has 2 aliphatic rings. The van der Waals surface area contributed by atoms with Crippen molar-refractivity contribution in [3.05, 3.63) is 23.3 Å². The molecule has 0 aromatic carbocycles. The summed E-state index contributed by atoms with van der Waals surface area (Å²) in [6.07, 6.45) is 10.3. The van der Waals surface area contributed by atoms with Gasteiger partial charge in [-0.25, -0.2) is 0 Å². The first-order chi connectivity index (χ1) is 15.0. The van der Waals surface area contributed by atoms with Crippen LogP contribution in [0.3, 0.4) is 0 Å². The molecule has 0 heterocycles. The van der Waals surface area contributed by atoms with Crippen LogP contribution in [0.2, 0.25) is 0 Å². The lowest BCUT2D eigenvalue weighted by Crippen LogP contribution is -2.49. The third-order valence-electron chi connectivity index (χ3n) is 7.45. The number of rotatable bonds is 9. The quantitative estimate of drug-likeness (QED) is 0.275. The lowest BCUT2D eigenvalue weighted by molar-refractivity contribution is -0.141. The van der Waals surface area contributed by atoms with Crippen LogP contribution in [0.15, 0.2) is 23.3 Å². The Balaban J connectivity index is 2.25. The summed E-state index contributed by atoms with van der Waals surface area (Å²) in [5.74, 6) is -0.103.